The predicted octanol–water partition coefficient (Wildman–Crippen LogP) is 4.80. The summed E-state index contributed by atoms with van der Waals surface area (Å²) in [6.45, 7) is 18.3. The molecule has 1 heterocycles. The van der Waals surface area contributed by atoms with Crippen molar-refractivity contribution in [3.8, 4) is 0 Å². The molecule has 0 aromatic carbocycles. The Morgan fingerprint density at radius 3 is 2.37 bits per heavy atom. The molecule has 0 amide bonds. The van der Waals surface area contributed by atoms with Crippen LogP contribution in [0.25, 0.3) is 0 Å². The van der Waals surface area contributed by atoms with Crippen LogP contribution in [0.15, 0.2) is 23.8 Å². The molecule has 3 saturated carbocycles. The third-order valence-corrected chi connectivity index (χ3v) is 11.9. The summed E-state index contributed by atoms with van der Waals surface area (Å²) in [5.74, 6) is 0.208. The Hall–Kier alpha value is -1.30. The summed E-state index contributed by atoms with van der Waals surface area (Å²) in [5, 5.41) is 22.5. The van der Waals surface area contributed by atoms with Gasteiger partial charge in [-0.25, -0.2) is 0 Å². The Balaban J connectivity index is 1.59. The first-order valence-corrected chi connectivity index (χ1v) is 13.5. The molecular weight excluding hydrogens is 440 g/mol. The van der Waals surface area contributed by atoms with Gasteiger partial charge in [-0.3, -0.25) is 9.59 Å². The molecule has 0 aromatic rings. The molecule has 1 aliphatic heterocycles. The summed E-state index contributed by atoms with van der Waals surface area (Å²) >= 11 is 0. The number of Topliss-reactive ketones (excluding diaryl/α,β-unsaturated/α-hetero) is 2. The average molecular weight is 485 g/mol. The fraction of sp³-hybridized carbons (Fsp3) is 0.800. The van der Waals surface area contributed by atoms with Crippen LogP contribution in [0.3, 0.4) is 0 Å². The lowest BCUT2D eigenvalue weighted by molar-refractivity contribution is -0.206. The van der Waals surface area contributed by atoms with Crippen molar-refractivity contribution in [1.82, 2.24) is 0 Å². The van der Waals surface area contributed by atoms with Crippen molar-refractivity contribution in [3.05, 3.63) is 23.8 Å². The Morgan fingerprint density at radius 2 is 1.74 bits per heavy atom. The third kappa shape index (κ3) is 3.04. The van der Waals surface area contributed by atoms with Gasteiger partial charge in [-0.2, -0.15) is 0 Å². The molecule has 0 bridgehead atoms. The summed E-state index contributed by atoms with van der Waals surface area (Å²) < 4.78 is 6.46. The molecule has 10 atom stereocenters. The second kappa shape index (κ2) is 7.39. The maximum absolute atomic E-state index is 14.3. The Bertz CT molecular complexity index is 1020. The molecule has 5 rings (SSSR count). The number of aliphatic hydroxyl groups excluding tert-OH is 1. The lowest BCUT2D eigenvalue weighted by Crippen LogP contribution is -2.65. The number of hydrogen-bond acceptors (Lipinski definition) is 5. The van der Waals surface area contributed by atoms with E-state index in [-0.39, 0.29) is 53.0 Å². The van der Waals surface area contributed by atoms with Crippen LogP contribution in [-0.4, -0.2) is 45.7 Å². The fourth-order valence-electron chi connectivity index (χ4n) is 9.87. The van der Waals surface area contributed by atoms with Gasteiger partial charge in [0.05, 0.1) is 17.8 Å². The lowest BCUT2D eigenvalue weighted by atomic mass is 9.38. The van der Waals surface area contributed by atoms with E-state index in [0.29, 0.717) is 24.2 Å². The largest absolute Gasteiger partial charge is 0.392 e. The number of aliphatic hydroxyl groups is 2. The van der Waals surface area contributed by atoms with Crippen molar-refractivity contribution >= 4 is 11.6 Å². The molecule has 0 spiro atoms. The lowest BCUT2D eigenvalue weighted by Gasteiger charge is -2.65. The number of ether oxygens (including phenoxy) is 1. The highest BCUT2D eigenvalue weighted by atomic mass is 16.5. The van der Waals surface area contributed by atoms with Crippen LogP contribution in [-0.2, 0) is 14.3 Å². The van der Waals surface area contributed by atoms with Crippen LogP contribution in [0.5, 0.6) is 0 Å². The Morgan fingerprint density at radius 1 is 1.09 bits per heavy atom. The first kappa shape index (κ1) is 25.4. The van der Waals surface area contributed by atoms with Gasteiger partial charge in [0.1, 0.15) is 11.9 Å². The van der Waals surface area contributed by atoms with Crippen molar-refractivity contribution in [3.63, 3.8) is 0 Å². The van der Waals surface area contributed by atoms with Crippen LogP contribution < -0.4 is 0 Å². The van der Waals surface area contributed by atoms with E-state index in [9.17, 15) is 19.8 Å². The van der Waals surface area contributed by atoms with E-state index in [1.54, 1.807) is 6.92 Å². The highest BCUT2D eigenvalue weighted by Crippen LogP contribution is 2.75. The normalized spacial score (nSPS) is 52.5. The van der Waals surface area contributed by atoms with Gasteiger partial charge in [-0.05, 0) is 67.8 Å². The molecule has 35 heavy (non-hydrogen) atoms. The maximum atomic E-state index is 14.3. The quantitative estimate of drug-likeness (QED) is 0.435. The monoisotopic (exact) mass is 484 g/mol. The second-order valence-electron chi connectivity index (χ2n) is 14.1. The van der Waals surface area contributed by atoms with Gasteiger partial charge in [0.15, 0.2) is 5.78 Å². The van der Waals surface area contributed by atoms with Gasteiger partial charge in [-0.15, -0.1) is 0 Å². The second-order valence-corrected chi connectivity index (χ2v) is 14.1. The van der Waals surface area contributed by atoms with Gasteiger partial charge in [0.2, 0.25) is 0 Å². The average Bonchev–Trinajstić information content (AvgIpc) is 2.97. The molecule has 5 nitrogen and oxygen atoms in total. The molecule has 0 radical (unpaired) electrons. The number of hydrogen-bond donors (Lipinski definition) is 2. The molecule has 0 unspecified atom stereocenters. The van der Waals surface area contributed by atoms with Crippen LogP contribution in [0.4, 0.5) is 0 Å². The number of fused-ring (bicyclic) bond motifs is 7. The van der Waals surface area contributed by atoms with E-state index in [1.165, 1.54) is 5.57 Å². The van der Waals surface area contributed by atoms with Crippen LogP contribution in [0.2, 0.25) is 0 Å². The van der Waals surface area contributed by atoms with Crippen LogP contribution >= 0.6 is 0 Å². The predicted molar refractivity (Wildman–Crippen MR) is 134 cm³/mol. The zero-order valence-corrected chi connectivity index (χ0v) is 22.6. The fourth-order valence-corrected chi connectivity index (χ4v) is 9.87. The van der Waals surface area contributed by atoms with Gasteiger partial charge < -0.3 is 14.9 Å². The highest BCUT2D eigenvalue weighted by Gasteiger charge is 2.75. The number of rotatable bonds is 2. The van der Waals surface area contributed by atoms with Gasteiger partial charge in [0.25, 0.3) is 0 Å². The third-order valence-electron chi connectivity index (χ3n) is 11.9. The van der Waals surface area contributed by atoms with Crippen molar-refractivity contribution < 1.29 is 24.5 Å². The Kier molecular flexibility index (Phi) is 5.35. The van der Waals surface area contributed by atoms with Crippen molar-refractivity contribution in [2.24, 2.45) is 39.4 Å². The van der Waals surface area contributed by atoms with E-state index >= 15 is 0 Å². The number of ketones is 2. The van der Waals surface area contributed by atoms with E-state index in [0.717, 1.165) is 19.3 Å². The maximum Gasteiger partial charge on any atom is 0.186 e. The number of carbonyl (C=O) groups excluding carboxylic acids is 2. The van der Waals surface area contributed by atoms with Gasteiger partial charge in [0, 0.05) is 29.6 Å². The number of allylic oxidation sites excluding steroid dienone is 1. The van der Waals surface area contributed by atoms with Gasteiger partial charge in [-0.1, -0.05) is 52.8 Å². The first-order valence-electron chi connectivity index (χ1n) is 13.5. The minimum absolute atomic E-state index is 0.126. The smallest absolute Gasteiger partial charge is 0.186 e. The van der Waals surface area contributed by atoms with Crippen molar-refractivity contribution in [2.45, 2.75) is 111 Å². The summed E-state index contributed by atoms with van der Waals surface area (Å²) in [7, 11) is 0. The van der Waals surface area contributed by atoms with Gasteiger partial charge >= 0.3 is 0 Å². The summed E-state index contributed by atoms with van der Waals surface area (Å²) in [6.07, 6.45) is 4.73. The number of carbonyl (C=O) groups is 2. The van der Waals surface area contributed by atoms with Crippen molar-refractivity contribution in [1.29, 1.82) is 0 Å². The molecule has 4 aliphatic carbocycles. The van der Waals surface area contributed by atoms with Crippen LogP contribution in [0, 0.1) is 39.4 Å². The standard InChI is InChI=1S/C30H44O5/c1-16(2)24(33)19-14-29(7,34)25-20(35-19)13-27(5)21-11-9-17-18(10-12-22(31)26(17,3)4)30(21,8)23(32)15-28(25,27)6/h9,18-22,25,31,34H,1,10-15H2,2-8H3/t18-,19+,20-,21+,22+,25+,27+,28-,29+,30+/m1/s1. The highest BCUT2D eigenvalue weighted by molar-refractivity contribution is 5.98. The summed E-state index contributed by atoms with van der Waals surface area (Å²) in [4.78, 5) is 27.1. The minimum Gasteiger partial charge on any atom is -0.392 e. The zero-order valence-electron chi connectivity index (χ0n) is 22.6. The molecular formula is C30H44O5. The SMILES string of the molecule is C=C(C)C(=O)[C@@H]1C[C@](C)(O)[C@H]2[C@@H](C[C@@]3(C)[C@@H]4CC=C5[C@@H](CC[C@H](O)C5(C)C)[C@]4(C)C(=O)C[C@]23C)O1. The summed E-state index contributed by atoms with van der Waals surface area (Å²) in [6, 6.07) is 0. The molecule has 2 N–H and O–H groups in total. The molecule has 1 saturated heterocycles. The molecule has 5 aliphatic rings. The Labute approximate surface area is 210 Å². The molecule has 5 heteroatoms. The first-order chi connectivity index (χ1) is 16.0. The molecule has 0 aromatic heterocycles. The topological polar surface area (TPSA) is 83.8 Å². The van der Waals surface area contributed by atoms with E-state index < -0.39 is 22.5 Å². The molecule has 4 fully saturated rings. The van der Waals surface area contributed by atoms with Crippen molar-refractivity contribution in [2.75, 3.05) is 0 Å². The zero-order chi connectivity index (χ0) is 25.9. The van der Waals surface area contributed by atoms with E-state index in [2.05, 4.69) is 47.3 Å². The van der Waals surface area contributed by atoms with E-state index in [1.807, 2.05) is 6.92 Å². The van der Waals surface area contributed by atoms with E-state index in [4.69, 9.17) is 4.74 Å². The molecule has 194 valence electrons. The van der Waals surface area contributed by atoms with Crippen LogP contribution in [0.1, 0.15) is 87.0 Å². The minimum atomic E-state index is -1.11. The summed E-state index contributed by atoms with van der Waals surface area (Å²) in [5.41, 5.74) is -0.875.